The third-order valence-electron chi connectivity index (χ3n) is 4.91. The Morgan fingerprint density at radius 2 is 1.86 bits per heavy atom. The van der Waals surface area contributed by atoms with Crippen LogP contribution < -0.4 is 10.1 Å². The highest BCUT2D eigenvalue weighted by Gasteiger charge is 2.29. The Bertz CT molecular complexity index is 926. The number of hydrogen-bond acceptors (Lipinski definition) is 4. The zero-order valence-electron chi connectivity index (χ0n) is 15.6. The minimum absolute atomic E-state index is 0.145. The van der Waals surface area contributed by atoms with Gasteiger partial charge in [0, 0.05) is 19.6 Å². The Balaban J connectivity index is 1.55. The van der Waals surface area contributed by atoms with Crippen molar-refractivity contribution in [2.75, 3.05) is 26.7 Å². The molecule has 6 nitrogen and oxygen atoms in total. The van der Waals surface area contributed by atoms with Crippen LogP contribution in [-0.2, 0) is 10.0 Å². The van der Waals surface area contributed by atoms with E-state index in [1.165, 1.54) is 23.5 Å². The molecule has 1 amide bonds. The summed E-state index contributed by atoms with van der Waals surface area (Å²) in [6, 6.07) is 12.2. The van der Waals surface area contributed by atoms with Crippen LogP contribution in [-0.4, -0.2) is 45.4 Å². The van der Waals surface area contributed by atoms with Crippen LogP contribution in [0.5, 0.6) is 5.75 Å². The maximum atomic E-state index is 13.4. The van der Waals surface area contributed by atoms with Crippen molar-refractivity contribution in [3.63, 3.8) is 0 Å². The molecule has 0 spiro atoms. The van der Waals surface area contributed by atoms with E-state index in [1.54, 1.807) is 30.3 Å². The molecule has 150 valence electrons. The highest BCUT2D eigenvalue weighted by molar-refractivity contribution is 7.89. The van der Waals surface area contributed by atoms with Crippen LogP contribution in [0.4, 0.5) is 4.39 Å². The number of piperidine rings is 1. The van der Waals surface area contributed by atoms with Gasteiger partial charge in [-0.25, -0.2) is 12.8 Å². The number of methoxy groups -OCH3 is 1. The van der Waals surface area contributed by atoms with Gasteiger partial charge in [0.05, 0.1) is 17.6 Å². The van der Waals surface area contributed by atoms with Gasteiger partial charge in [-0.15, -0.1) is 0 Å². The lowest BCUT2D eigenvalue weighted by atomic mass is 9.98. The summed E-state index contributed by atoms with van der Waals surface area (Å²) < 4.78 is 45.3. The van der Waals surface area contributed by atoms with Gasteiger partial charge in [0.2, 0.25) is 10.0 Å². The molecule has 0 saturated carbocycles. The summed E-state index contributed by atoms with van der Waals surface area (Å²) in [6.45, 7) is 1.21. The first-order valence-electron chi connectivity index (χ1n) is 9.08. The molecule has 2 aromatic carbocycles. The minimum atomic E-state index is -3.49. The van der Waals surface area contributed by atoms with Gasteiger partial charge >= 0.3 is 0 Å². The lowest BCUT2D eigenvalue weighted by Crippen LogP contribution is -2.41. The van der Waals surface area contributed by atoms with Crippen molar-refractivity contribution in [2.45, 2.75) is 17.7 Å². The molecule has 0 aliphatic carbocycles. The van der Waals surface area contributed by atoms with Crippen molar-refractivity contribution in [1.82, 2.24) is 9.62 Å². The number of rotatable bonds is 6. The van der Waals surface area contributed by atoms with Crippen molar-refractivity contribution in [3.8, 4) is 5.75 Å². The number of carbonyl (C=O) groups excluding carboxylic acids is 1. The zero-order chi connectivity index (χ0) is 20.1. The Morgan fingerprint density at radius 3 is 2.50 bits per heavy atom. The molecule has 0 bridgehead atoms. The first-order valence-corrected chi connectivity index (χ1v) is 10.5. The summed E-state index contributed by atoms with van der Waals surface area (Å²) >= 11 is 0. The van der Waals surface area contributed by atoms with E-state index in [4.69, 9.17) is 4.74 Å². The molecule has 0 atom stereocenters. The van der Waals surface area contributed by atoms with E-state index in [2.05, 4.69) is 5.32 Å². The van der Waals surface area contributed by atoms with Gasteiger partial charge in [-0.1, -0.05) is 18.2 Å². The normalized spacial score (nSPS) is 15.9. The summed E-state index contributed by atoms with van der Waals surface area (Å²) in [5.74, 6) is -0.450. The van der Waals surface area contributed by atoms with Gasteiger partial charge in [-0.3, -0.25) is 4.79 Å². The second-order valence-corrected chi connectivity index (χ2v) is 8.65. The molecular formula is C20H23FN2O4S. The molecule has 1 heterocycles. The topological polar surface area (TPSA) is 75.7 Å². The number of benzene rings is 2. The number of halogens is 1. The fourth-order valence-corrected chi connectivity index (χ4v) is 4.78. The Morgan fingerprint density at radius 1 is 1.18 bits per heavy atom. The van der Waals surface area contributed by atoms with Crippen LogP contribution >= 0.6 is 0 Å². The molecule has 0 aromatic heterocycles. The lowest BCUT2D eigenvalue weighted by molar-refractivity contribution is 0.0938. The molecule has 1 saturated heterocycles. The van der Waals surface area contributed by atoms with E-state index in [0.717, 1.165) is 6.07 Å². The lowest BCUT2D eigenvalue weighted by Gasteiger charge is -2.31. The van der Waals surface area contributed by atoms with E-state index < -0.39 is 21.7 Å². The average molecular weight is 406 g/mol. The molecule has 8 heteroatoms. The molecule has 28 heavy (non-hydrogen) atoms. The third-order valence-corrected chi connectivity index (χ3v) is 6.82. The van der Waals surface area contributed by atoms with Crippen molar-refractivity contribution in [2.24, 2.45) is 5.92 Å². The Kier molecular flexibility index (Phi) is 6.31. The molecule has 0 radical (unpaired) electrons. The first kappa shape index (κ1) is 20.3. The van der Waals surface area contributed by atoms with Crippen LogP contribution in [0.1, 0.15) is 23.2 Å². The van der Waals surface area contributed by atoms with Gasteiger partial charge in [-0.05, 0) is 49.1 Å². The molecular weight excluding hydrogens is 383 g/mol. The van der Waals surface area contributed by atoms with Crippen LogP contribution in [0.25, 0.3) is 0 Å². The van der Waals surface area contributed by atoms with Crippen LogP contribution in [0.15, 0.2) is 53.4 Å². The number of carbonyl (C=O) groups is 1. The average Bonchev–Trinajstić information content (AvgIpc) is 2.73. The minimum Gasteiger partial charge on any atom is -0.496 e. The number of hydrogen-bond donors (Lipinski definition) is 1. The highest BCUT2D eigenvalue weighted by Crippen LogP contribution is 2.24. The zero-order valence-corrected chi connectivity index (χ0v) is 16.4. The van der Waals surface area contributed by atoms with Crippen LogP contribution in [0.3, 0.4) is 0 Å². The van der Waals surface area contributed by atoms with Gasteiger partial charge in [0.25, 0.3) is 5.91 Å². The Hall–Kier alpha value is -2.45. The summed E-state index contributed by atoms with van der Waals surface area (Å²) in [6.07, 6.45) is 1.29. The van der Waals surface area contributed by atoms with Gasteiger partial charge in [0.1, 0.15) is 11.6 Å². The molecule has 3 rings (SSSR count). The number of nitrogens with one attached hydrogen (secondary N) is 1. The van der Waals surface area contributed by atoms with E-state index >= 15 is 0 Å². The maximum Gasteiger partial charge on any atom is 0.255 e. The van der Waals surface area contributed by atoms with Crippen molar-refractivity contribution < 1.29 is 22.3 Å². The van der Waals surface area contributed by atoms with Gasteiger partial charge < -0.3 is 10.1 Å². The second kappa shape index (κ2) is 8.70. The molecule has 1 aliphatic heterocycles. The molecule has 2 aromatic rings. The monoisotopic (exact) mass is 406 g/mol. The fourth-order valence-electron chi connectivity index (χ4n) is 3.29. The molecule has 1 aliphatic rings. The number of sulfonamides is 1. The fraction of sp³-hybridized carbons (Fsp3) is 0.350. The quantitative estimate of drug-likeness (QED) is 0.800. The first-order chi connectivity index (χ1) is 13.4. The largest absolute Gasteiger partial charge is 0.496 e. The predicted molar refractivity (Wildman–Crippen MR) is 103 cm³/mol. The molecule has 1 fully saturated rings. The molecule has 0 unspecified atom stereocenters. The number of ether oxygens (including phenoxy) is 1. The Labute approximate surface area is 164 Å². The summed E-state index contributed by atoms with van der Waals surface area (Å²) in [5, 5.41) is 2.80. The number of amides is 1. The second-order valence-electron chi connectivity index (χ2n) is 6.72. The van der Waals surface area contributed by atoms with E-state index in [-0.39, 0.29) is 11.5 Å². The number of nitrogens with zero attached hydrogens (tertiary/aromatic N) is 1. The van der Waals surface area contributed by atoms with Crippen molar-refractivity contribution in [1.29, 1.82) is 0 Å². The van der Waals surface area contributed by atoms with Crippen molar-refractivity contribution in [3.05, 3.63) is 59.9 Å². The highest BCUT2D eigenvalue weighted by atomic mass is 32.2. The smallest absolute Gasteiger partial charge is 0.255 e. The summed E-state index contributed by atoms with van der Waals surface area (Å²) in [7, 11) is -2.06. The van der Waals surface area contributed by atoms with Crippen LogP contribution in [0.2, 0.25) is 0 Å². The standard InChI is InChI=1S/C20H23FN2O4S/c1-27-19-8-7-16(21)13-18(19)20(24)22-14-15-9-11-23(12-10-15)28(25,26)17-5-3-2-4-6-17/h2-8,13,15H,9-12,14H2,1H3,(H,22,24). The third kappa shape index (κ3) is 4.51. The predicted octanol–water partition coefficient (Wildman–Crippen LogP) is 2.67. The molecule has 1 N–H and O–H groups in total. The van der Waals surface area contributed by atoms with E-state index in [9.17, 15) is 17.6 Å². The van der Waals surface area contributed by atoms with E-state index in [1.807, 2.05) is 0 Å². The van der Waals surface area contributed by atoms with Gasteiger partial charge in [-0.2, -0.15) is 4.31 Å². The maximum absolute atomic E-state index is 13.4. The summed E-state index contributed by atoms with van der Waals surface area (Å²) in [4.78, 5) is 12.7. The SMILES string of the molecule is COc1ccc(F)cc1C(=O)NCC1CCN(S(=O)(=O)c2ccccc2)CC1. The van der Waals surface area contributed by atoms with Gasteiger partial charge in [0.15, 0.2) is 0 Å². The van der Waals surface area contributed by atoms with Crippen LogP contribution in [0, 0.1) is 11.7 Å². The summed E-state index contributed by atoms with van der Waals surface area (Å²) in [5.41, 5.74) is 0.145. The van der Waals surface area contributed by atoms with Crippen molar-refractivity contribution >= 4 is 15.9 Å². The van der Waals surface area contributed by atoms with E-state index in [0.29, 0.717) is 43.1 Å².